The molecule has 4 aliphatic rings. The number of carbonyl (C=O) groups is 2. The minimum atomic E-state index is -0.618. The lowest BCUT2D eigenvalue weighted by Gasteiger charge is -2.63. The summed E-state index contributed by atoms with van der Waals surface area (Å²) in [5.74, 6) is 0.280. The molecule has 3 fully saturated rings. The first-order chi connectivity index (χ1) is 13.0. The molecule has 0 N–H and O–H groups in total. The molecule has 0 aromatic rings. The molecule has 0 spiro atoms. The summed E-state index contributed by atoms with van der Waals surface area (Å²) >= 11 is 0. The van der Waals surface area contributed by atoms with Gasteiger partial charge in [0, 0.05) is 30.8 Å². The molecule has 0 aromatic heterocycles. The van der Waals surface area contributed by atoms with Gasteiger partial charge < -0.3 is 9.64 Å². The predicted molar refractivity (Wildman–Crippen MR) is 110 cm³/mol. The van der Waals surface area contributed by atoms with E-state index in [0.29, 0.717) is 12.8 Å². The van der Waals surface area contributed by atoms with Gasteiger partial charge in [-0.25, -0.2) is 0 Å². The van der Waals surface area contributed by atoms with Crippen LogP contribution >= 0.6 is 0 Å². The maximum atomic E-state index is 13.7. The van der Waals surface area contributed by atoms with Crippen molar-refractivity contribution in [3.05, 3.63) is 24.3 Å². The lowest BCUT2D eigenvalue weighted by Crippen LogP contribution is -2.68. The molecular weight excluding hydrogens is 350 g/mol. The van der Waals surface area contributed by atoms with Gasteiger partial charge in [0.1, 0.15) is 5.78 Å². The molecule has 4 rings (SSSR count). The standard InChI is InChI=1S/C24H35NO3/c1-7-22(4)15-16(26)20-23(5,28-22)13-10-17-21(2,3)12-11-18(24(17,20)6)25-14-8-9-19(25)27/h7,10,18,20H,1,8-9,11-15H2,2-6H3/t18?,20-,22-,23+,24+/m0/s1. The van der Waals surface area contributed by atoms with Crippen LogP contribution in [0, 0.1) is 16.7 Å². The van der Waals surface area contributed by atoms with Gasteiger partial charge in [0.05, 0.1) is 17.1 Å². The number of likely N-dealkylation sites (tertiary alicyclic amines) is 1. The summed E-state index contributed by atoms with van der Waals surface area (Å²) in [6.07, 6.45) is 8.77. The maximum Gasteiger partial charge on any atom is 0.222 e. The van der Waals surface area contributed by atoms with Crippen LogP contribution in [0.15, 0.2) is 24.3 Å². The summed E-state index contributed by atoms with van der Waals surface area (Å²) in [5, 5.41) is 0. The molecule has 28 heavy (non-hydrogen) atoms. The highest BCUT2D eigenvalue weighted by Crippen LogP contribution is 2.63. The van der Waals surface area contributed by atoms with Crippen molar-refractivity contribution in [1.29, 1.82) is 0 Å². The number of amides is 1. The van der Waals surface area contributed by atoms with Crippen molar-refractivity contribution in [1.82, 2.24) is 4.90 Å². The Morgan fingerprint density at radius 2 is 1.93 bits per heavy atom. The van der Waals surface area contributed by atoms with Crippen LogP contribution in [0.2, 0.25) is 0 Å². The number of ketones is 1. The summed E-state index contributed by atoms with van der Waals surface area (Å²) in [5.41, 5.74) is -0.168. The zero-order valence-electron chi connectivity index (χ0n) is 18.1. The highest BCUT2D eigenvalue weighted by atomic mass is 16.5. The first kappa shape index (κ1) is 19.9. The SMILES string of the molecule is C=C[C@@]1(C)CC(=O)[C@H]2[C@@](C)(CC=C3C(C)(C)CCC(N4CCCC4=O)[C@@]32C)O1. The van der Waals surface area contributed by atoms with Gasteiger partial charge in [0.2, 0.25) is 5.91 Å². The van der Waals surface area contributed by atoms with E-state index in [1.807, 2.05) is 6.92 Å². The van der Waals surface area contributed by atoms with E-state index in [-0.39, 0.29) is 34.5 Å². The van der Waals surface area contributed by atoms with Crippen molar-refractivity contribution < 1.29 is 14.3 Å². The zero-order chi connectivity index (χ0) is 20.5. The van der Waals surface area contributed by atoms with Crippen molar-refractivity contribution in [2.75, 3.05) is 6.54 Å². The maximum absolute atomic E-state index is 13.7. The first-order valence-electron chi connectivity index (χ1n) is 10.8. The number of fused-ring (bicyclic) bond motifs is 3. The van der Waals surface area contributed by atoms with E-state index in [4.69, 9.17) is 4.74 Å². The van der Waals surface area contributed by atoms with Crippen LogP contribution in [0.25, 0.3) is 0 Å². The molecule has 5 atom stereocenters. The third kappa shape index (κ3) is 2.59. The molecule has 2 heterocycles. The van der Waals surface area contributed by atoms with Crippen LogP contribution < -0.4 is 0 Å². The number of Topliss-reactive ketones (excluding diaryl/α,β-unsaturated/α-hetero) is 1. The van der Waals surface area contributed by atoms with E-state index in [9.17, 15) is 9.59 Å². The molecule has 4 heteroatoms. The molecule has 0 aromatic carbocycles. The zero-order valence-corrected chi connectivity index (χ0v) is 18.1. The van der Waals surface area contributed by atoms with Gasteiger partial charge in [-0.1, -0.05) is 38.5 Å². The fourth-order valence-electron chi connectivity index (χ4n) is 7.13. The van der Waals surface area contributed by atoms with Crippen LogP contribution in [0.5, 0.6) is 0 Å². The van der Waals surface area contributed by atoms with E-state index < -0.39 is 11.2 Å². The molecule has 1 saturated carbocycles. The van der Waals surface area contributed by atoms with Crippen LogP contribution in [0.1, 0.15) is 73.1 Å². The third-order valence-electron chi connectivity index (χ3n) is 8.20. The van der Waals surface area contributed by atoms with Gasteiger partial charge in [-0.3, -0.25) is 9.59 Å². The fourth-order valence-corrected chi connectivity index (χ4v) is 7.13. The summed E-state index contributed by atoms with van der Waals surface area (Å²) in [4.78, 5) is 28.4. The molecular formula is C24H35NO3. The molecule has 1 amide bonds. The topological polar surface area (TPSA) is 46.6 Å². The van der Waals surface area contributed by atoms with E-state index in [1.165, 1.54) is 5.57 Å². The Labute approximate surface area is 169 Å². The average Bonchev–Trinajstić information content (AvgIpc) is 2.98. The molecule has 2 aliphatic heterocycles. The van der Waals surface area contributed by atoms with Gasteiger partial charge in [0.15, 0.2) is 0 Å². The van der Waals surface area contributed by atoms with Crippen molar-refractivity contribution in [3.63, 3.8) is 0 Å². The van der Waals surface area contributed by atoms with Crippen LogP contribution in [-0.2, 0) is 14.3 Å². The molecule has 1 unspecified atom stereocenters. The van der Waals surface area contributed by atoms with E-state index in [1.54, 1.807) is 6.08 Å². The van der Waals surface area contributed by atoms with Crippen molar-refractivity contribution in [3.8, 4) is 0 Å². The largest absolute Gasteiger partial charge is 0.363 e. The summed E-state index contributed by atoms with van der Waals surface area (Å²) < 4.78 is 6.62. The Morgan fingerprint density at radius 1 is 1.21 bits per heavy atom. The third-order valence-corrected chi connectivity index (χ3v) is 8.20. The lowest BCUT2D eigenvalue weighted by atomic mass is 9.46. The molecule has 0 bridgehead atoms. The van der Waals surface area contributed by atoms with Gasteiger partial charge in [-0.05, 0) is 44.9 Å². The molecule has 2 saturated heterocycles. The second-order valence-corrected chi connectivity index (χ2v) is 10.7. The quantitative estimate of drug-likeness (QED) is 0.660. The first-order valence-corrected chi connectivity index (χ1v) is 10.8. The van der Waals surface area contributed by atoms with E-state index >= 15 is 0 Å². The molecule has 154 valence electrons. The Kier molecular flexibility index (Phi) is 4.29. The monoisotopic (exact) mass is 385 g/mol. The smallest absolute Gasteiger partial charge is 0.222 e. The van der Waals surface area contributed by atoms with Crippen molar-refractivity contribution in [2.45, 2.75) is 90.4 Å². The number of carbonyl (C=O) groups excluding carboxylic acids is 2. The van der Waals surface area contributed by atoms with Gasteiger partial charge in [-0.15, -0.1) is 6.58 Å². The summed E-state index contributed by atoms with van der Waals surface area (Å²) in [6.45, 7) is 15.6. The second kappa shape index (κ2) is 6.04. The lowest BCUT2D eigenvalue weighted by molar-refractivity contribution is -0.212. The minimum Gasteiger partial charge on any atom is -0.363 e. The van der Waals surface area contributed by atoms with Crippen LogP contribution in [0.4, 0.5) is 0 Å². The minimum absolute atomic E-state index is 0.0365. The van der Waals surface area contributed by atoms with Crippen LogP contribution in [-0.4, -0.2) is 40.4 Å². The highest BCUT2D eigenvalue weighted by Gasteiger charge is 2.65. The number of nitrogens with zero attached hydrogens (tertiary/aromatic N) is 1. The summed E-state index contributed by atoms with van der Waals surface area (Å²) in [6, 6.07) is 0.0760. The van der Waals surface area contributed by atoms with Crippen molar-refractivity contribution in [2.24, 2.45) is 16.7 Å². The number of rotatable bonds is 2. The number of hydrogen-bond acceptors (Lipinski definition) is 3. The van der Waals surface area contributed by atoms with E-state index in [0.717, 1.165) is 32.2 Å². The van der Waals surface area contributed by atoms with Crippen molar-refractivity contribution >= 4 is 11.7 Å². The van der Waals surface area contributed by atoms with Gasteiger partial charge in [-0.2, -0.15) is 0 Å². The normalized spacial score (nSPS) is 45.3. The van der Waals surface area contributed by atoms with E-state index in [2.05, 4.69) is 45.2 Å². The van der Waals surface area contributed by atoms with Gasteiger partial charge in [0.25, 0.3) is 0 Å². The summed E-state index contributed by atoms with van der Waals surface area (Å²) in [7, 11) is 0. The van der Waals surface area contributed by atoms with Crippen LogP contribution in [0.3, 0.4) is 0 Å². The fraction of sp³-hybridized carbons (Fsp3) is 0.750. The molecule has 2 aliphatic carbocycles. The highest BCUT2D eigenvalue weighted by molar-refractivity contribution is 5.87. The average molecular weight is 386 g/mol. The Balaban J connectivity index is 1.86. The van der Waals surface area contributed by atoms with Gasteiger partial charge >= 0.3 is 0 Å². The number of ether oxygens (including phenoxy) is 1. The molecule has 4 nitrogen and oxygen atoms in total. The Morgan fingerprint density at radius 3 is 2.54 bits per heavy atom. The predicted octanol–water partition coefficient (Wildman–Crippen LogP) is 4.44. The number of hydrogen-bond donors (Lipinski definition) is 0. The Hall–Kier alpha value is -1.42. The Bertz CT molecular complexity index is 768. The second-order valence-electron chi connectivity index (χ2n) is 10.7. The molecule has 0 radical (unpaired) electrons.